The van der Waals surface area contributed by atoms with Gasteiger partial charge in [-0.2, -0.15) is 0 Å². The molecule has 0 heterocycles. The Labute approximate surface area is 195 Å². The van der Waals surface area contributed by atoms with Crippen LogP contribution in [0.5, 0.6) is 0 Å². The molecule has 0 aromatic heterocycles. The van der Waals surface area contributed by atoms with Crippen LogP contribution in [0.1, 0.15) is 50.4 Å². The van der Waals surface area contributed by atoms with Gasteiger partial charge in [-0.15, -0.1) is 6.42 Å². The maximum Gasteiger partial charge on any atom is 0.408 e. The van der Waals surface area contributed by atoms with E-state index in [9.17, 15) is 14.4 Å². The second-order valence-electron chi connectivity index (χ2n) is 8.65. The molecule has 0 aliphatic heterocycles. The first-order chi connectivity index (χ1) is 15.5. The average molecular weight is 450 g/mol. The fraction of sp³-hybridized carbons (Fsp3) is 0.346. The number of hydrogen-bond donors (Lipinski definition) is 2. The first-order valence-electron chi connectivity index (χ1n) is 10.7. The van der Waals surface area contributed by atoms with Gasteiger partial charge in [0.2, 0.25) is 11.8 Å². The van der Waals surface area contributed by atoms with Crippen LogP contribution in [0.25, 0.3) is 0 Å². The predicted octanol–water partition coefficient (Wildman–Crippen LogP) is 3.40. The number of alkyl carbamates (subject to hydrolysis) is 1. The molecule has 0 bridgehead atoms. The summed E-state index contributed by atoms with van der Waals surface area (Å²) in [5.41, 5.74) is 1.24. The van der Waals surface area contributed by atoms with Crippen molar-refractivity contribution in [3.63, 3.8) is 0 Å². The first kappa shape index (κ1) is 25.5. The van der Waals surface area contributed by atoms with Gasteiger partial charge in [0.25, 0.3) is 0 Å². The molecule has 7 heteroatoms. The highest BCUT2D eigenvalue weighted by Gasteiger charge is 2.33. The lowest BCUT2D eigenvalue weighted by atomic mass is 9.98. The smallest absolute Gasteiger partial charge is 0.408 e. The fourth-order valence-electron chi connectivity index (χ4n) is 3.25. The zero-order chi connectivity index (χ0) is 24.6. The summed E-state index contributed by atoms with van der Waals surface area (Å²) >= 11 is 0. The third-order valence-electron chi connectivity index (χ3n) is 4.81. The number of amides is 3. The molecule has 0 spiro atoms. The minimum atomic E-state index is -0.989. The minimum Gasteiger partial charge on any atom is -0.444 e. The Hall–Kier alpha value is -3.79. The largest absolute Gasteiger partial charge is 0.444 e. The molecule has 2 aromatic carbocycles. The van der Waals surface area contributed by atoms with Crippen LogP contribution in [0, 0.1) is 12.3 Å². The molecule has 2 N–H and O–H groups in total. The lowest BCUT2D eigenvalue weighted by Gasteiger charge is -2.31. The Balaban J connectivity index is 2.26. The molecule has 174 valence electrons. The van der Waals surface area contributed by atoms with E-state index in [0.29, 0.717) is 17.7 Å². The van der Waals surface area contributed by atoms with Gasteiger partial charge in [0.05, 0.1) is 0 Å². The molecule has 0 fully saturated rings. The van der Waals surface area contributed by atoms with Gasteiger partial charge in [0.1, 0.15) is 17.7 Å². The highest BCUT2D eigenvalue weighted by Crippen LogP contribution is 2.24. The van der Waals surface area contributed by atoms with Gasteiger partial charge in [0, 0.05) is 19.2 Å². The number of rotatable bonds is 7. The molecule has 2 unspecified atom stereocenters. The van der Waals surface area contributed by atoms with Crippen molar-refractivity contribution in [1.82, 2.24) is 15.5 Å². The van der Waals surface area contributed by atoms with Gasteiger partial charge >= 0.3 is 6.09 Å². The second-order valence-corrected chi connectivity index (χ2v) is 8.65. The molecule has 0 aliphatic rings. The predicted molar refractivity (Wildman–Crippen MR) is 127 cm³/mol. The van der Waals surface area contributed by atoms with Crippen LogP contribution in [0.2, 0.25) is 0 Å². The quantitative estimate of drug-likeness (QED) is 0.635. The van der Waals surface area contributed by atoms with Crippen LogP contribution in [0.15, 0.2) is 54.6 Å². The topological polar surface area (TPSA) is 87.7 Å². The molecule has 33 heavy (non-hydrogen) atoms. The van der Waals surface area contributed by atoms with E-state index < -0.39 is 29.7 Å². The molecule has 3 amide bonds. The van der Waals surface area contributed by atoms with Crippen molar-refractivity contribution in [2.75, 3.05) is 7.05 Å². The minimum absolute atomic E-state index is 0.294. The van der Waals surface area contributed by atoms with Gasteiger partial charge in [-0.05, 0) is 44.9 Å². The third-order valence-corrected chi connectivity index (χ3v) is 4.81. The summed E-state index contributed by atoms with van der Waals surface area (Å²) in [6, 6.07) is 14.5. The Kier molecular flexibility index (Phi) is 8.63. The molecular formula is C26H31N3O4. The molecule has 0 saturated heterocycles. The van der Waals surface area contributed by atoms with Gasteiger partial charge in [-0.1, -0.05) is 54.5 Å². The van der Waals surface area contributed by atoms with E-state index in [1.54, 1.807) is 45.0 Å². The summed E-state index contributed by atoms with van der Waals surface area (Å²) in [5.74, 6) is 1.73. The van der Waals surface area contributed by atoms with Gasteiger partial charge in [-0.3, -0.25) is 9.59 Å². The monoisotopic (exact) mass is 449 g/mol. The third kappa shape index (κ3) is 7.39. The highest BCUT2D eigenvalue weighted by molar-refractivity contribution is 5.92. The lowest BCUT2D eigenvalue weighted by Crippen LogP contribution is -2.50. The van der Waals surface area contributed by atoms with E-state index in [0.717, 1.165) is 5.56 Å². The summed E-state index contributed by atoms with van der Waals surface area (Å²) in [4.78, 5) is 39.8. The molecule has 0 saturated carbocycles. The van der Waals surface area contributed by atoms with Crippen molar-refractivity contribution in [3.05, 3.63) is 71.3 Å². The Morgan fingerprint density at radius 2 is 1.67 bits per heavy atom. The number of nitrogens with one attached hydrogen (secondary N) is 2. The number of hydrogen-bond acceptors (Lipinski definition) is 4. The first-order valence-corrected chi connectivity index (χ1v) is 10.7. The SMILES string of the molecule is C#Cc1ccccc1C(C(=O)NCc1ccccc1)N(C)C(=O)C(C)NC(=O)OC(C)(C)C. The summed E-state index contributed by atoms with van der Waals surface area (Å²) in [6.45, 7) is 7.02. The van der Waals surface area contributed by atoms with Crippen LogP contribution in [-0.4, -0.2) is 41.5 Å². The maximum absolute atomic E-state index is 13.3. The van der Waals surface area contributed by atoms with Crippen LogP contribution in [0.4, 0.5) is 4.79 Å². The Morgan fingerprint density at radius 3 is 2.27 bits per heavy atom. The van der Waals surface area contributed by atoms with Crippen LogP contribution in [-0.2, 0) is 20.9 Å². The normalized spacial score (nSPS) is 12.6. The summed E-state index contributed by atoms with van der Waals surface area (Å²) in [5, 5.41) is 5.41. The number of terminal acetylenes is 1. The van der Waals surface area contributed by atoms with E-state index in [1.165, 1.54) is 18.9 Å². The summed E-state index contributed by atoms with van der Waals surface area (Å²) < 4.78 is 5.23. The van der Waals surface area contributed by atoms with E-state index >= 15 is 0 Å². The number of nitrogens with zero attached hydrogens (tertiary/aromatic N) is 1. The van der Waals surface area contributed by atoms with Crippen LogP contribution < -0.4 is 10.6 Å². The zero-order valence-corrected chi connectivity index (χ0v) is 19.7. The van der Waals surface area contributed by atoms with Gasteiger partial charge in [0.15, 0.2) is 0 Å². The van der Waals surface area contributed by atoms with Crippen molar-refractivity contribution in [2.24, 2.45) is 0 Å². The number of carbonyl (C=O) groups excluding carboxylic acids is 3. The molecule has 2 atom stereocenters. The van der Waals surface area contributed by atoms with Crippen molar-refractivity contribution in [3.8, 4) is 12.3 Å². The molecule has 0 aliphatic carbocycles. The van der Waals surface area contributed by atoms with E-state index in [-0.39, 0.29) is 5.91 Å². The molecule has 7 nitrogen and oxygen atoms in total. The number of carbonyl (C=O) groups is 3. The molecule has 2 aromatic rings. The van der Waals surface area contributed by atoms with Crippen molar-refractivity contribution < 1.29 is 19.1 Å². The molecule has 2 rings (SSSR count). The Morgan fingerprint density at radius 1 is 1.06 bits per heavy atom. The van der Waals surface area contributed by atoms with Crippen LogP contribution >= 0.6 is 0 Å². The number of benzene rings is 2. The molecule has 0 radical (unpaired) electrons. The summed E-state index contributed by atoms with van der Waals surface area (Å²) in [7, 11) is 1.51. The standard InChI is InChI=1S/C26H31N3O4/c1-7-20-15-11-12-16-21(20)22(23(30)27-17-19-13-9-8-10-14-19)29(6)24(31)18(2)28-25(32)33-26(3,4)5/h1,8-16,18,22H,17H2,2-6H3,(H,27,30)(H,28,32). The summed E-state index contributed by atoms with van der Waals surface area (Å²) in [6.07, 6.45) is 4.94. The van der Waals surface area contributed by atoms with E-state index in [1.807, 2.05) is 30.3 Å². The van der Waals surface area contributed by atoms with Crippen molar-refractivity contribution >= 4 is 17.9 Å². The number of ether oxygens (including phenoxy) is 1. The lowest BCUT2D eigenvalue weighted by molar-refractivity contribution is -0.140. The second kappa shape index (κ2) is 11.2. The molecular weight excluding hydrogens is 418 g/mol. The fourth-order valence-corrected chi connectivity index (χ4v) is 3.25. The average Bonchev–Trinajstić information content (AvgIpc) is 2.76. The van der Waals surface area contributed by atoms with Gasteiger partial charge < -0.3 is 20.3 Å². The number of likely N-dealkylation sites (N-methyl/N-ethyl adjacent to an activating group) is 1. The highest BCUT2D eigenvalue weighted by atomic mass is 16.6. The maximum atomic E-state index is 13.3. The van der Waals surface area contributed by atoms with E-state index in [4.69, 9.17) is 11.2 Å². The Bertz CT molecular complexity index is 1020. The van der Waals surface area contributed by atoms with Crippen molar-refractivity contribution in [1.29, 1.82) is 0 Å². The van der Waals surface area contributed by atoms with Crippen LogP contribution in [0.3, 0.4) is 0 Å². The van der Waals surface area contributed by atoms with Gasteiger partial charge in [-0.25, -0.2) is 4.79 Å². The van der Waals surface area contributed by atoms with E-state index in [2.05, 4.69) is 16.6 Å². The van der Waals surface area contributed by atoms with Crippen molar-refractivity contribution in [2.45, 2.75) is 51.9 Å². The zero-order valence-electron chi connectivity index (χ0n) is 19.7.